The number of anilines is 1. The summed E-state index contributed by atoms with van der Waals surface area (Å²) in [4.78, 5) is 25.6. The second kappa shape index (κ2) is 12.3. The number of aromatic nitrogens is 2. The zero-order valence-corrected chi connectivity index (χ0v) is 24.3. The van der Waals surface area contributed by atoms with Crippen LogP contribution in [0.2, 0.25) is 5.02 Å². The first-order valence-electron chi connectivity index (χ1n) is 14.2. The summed E-state index contributed by atoms with van der Waals surface area (Å²) in [6.07, 6.45) is 10.8. The van der Waals surface area contributed by atoms with Crippen molar-refractivity contribution in [1.29, 1.82) is 5.26 Å². The molecule has 2 aromatic carbocycles. The summed E-state index contributed by atoms with van der Waals surface area (Å²) in [6.45, 7) is 3.39. The summed E-state index contributed by atoms with van der Waals surface area (Å²) in [6, 6.07) is 20.7. The summed E-state index contributed by atoms with van der Waals surface area (Å²) in [7, 11) is 0. The van der Waals surface area contributed by atoms with Crippen molar-refractivity contribution in [2.24, 2.45) is 0 Å². The largest absolute Gasteiger partial charge is 0.334 e. The van der Waals surface area contributed by atoms with Crippen LogP contribution in [0.25, 0.3) is 17.2 Å². The number of halogens is 2. The monoisotopic (exact) mass is 592 g/mol. The fraction of sp³-hybridized carbons (Fsp3) is 0.235. The highest BCUT2D eigenvalue weighted by molar-refractivity contribution is 6.30. The lowest BCUT2D eigenvalue weighted by Gasteiger charge is -2.39. The molecule has 0 unspecified atom stereocenters. The Morgan fingerprint density at radius 1 is 1.07 bits per heavy atom. The number of carbonyl (C=O) groups excluding carboxylic acids is 1. The third kappa shape index (κ3) is 6.29. The molecule has 2 aliphatic rings. The molecule has 0 aliphatic carbocycles. The zero-order chi connectivity index (χ0) is 29.8. The van der Waals surface area contributed by atoms with E-state index in [1.165, 1.54) is 12.3 Å². The molecule has 2 amide bonds. The average Bonchev–Trinajstić information content (AvgIpc) is 3.35. The number of carbonyl (C=O) groups is 1. The summed E-state index contributed by atoms with van der Waals surface area (Å²) in [5.74, 6) is -0.575. The van der Waals surface area contributed by atoms with Gasteiger partial charge in [0.2, 0.25) is 5.95 Å². The lowest BCUT2D eigenvalue weighted by Crippen LogP contribution is -2.47. The molecular weight excluding hydrogens is 563 g/mol. The van der Waals surface area contributed by atoms with Crippen molar-refractivity contribution >= 4 is 29.4 Å². The maximum Gasteiger partial charge on any atom is 0.322 e. The van der Waals surface area contributed by atoms with Crippen LogP contribution in [0.15, 0.2) is 85.3 Å². The summed E-state index contributed by atoms with van der Waals surface area (Å²) in [5.41, 5.74) is 5.89. The van der Waals surface area contributed by atoms with E-state index < -0.39 is 5.95 Å². The van der Waals surface area contributed by atoms with Gasteiger partial charge in [0.25, 0.3) is 0 Å². The van der Waals surface area contributed by atoms with Gasteiger partial charge in [-0.1, -0.05) is 42.0 Å². The molecule has 9 heteroatoms. The molecular formula is C34H30ClFN6O. The van der Waals surface area contributed by atoms with Gasteiger partial charge in [0.15, 0.2) is 0 Å². The number of fused-ring (bicyclic) bond motifs is 2. The van der Waals surface area contributed by atoms with Gasteiger partial charge in [-0.2, -0.15) is 9.65 Å². The molecule has 0 atom stereocenters. The van der Waals surface area contributed by atoms with Crippen LogP contribution in [0.4, 0.5) is 14.9 Å². The van der Waals surface area contributed by atoms with Crippen LogP contribution >= 0.6 is 11.6 Å². The van der Waals surface area contributed by atoms with Gasteiger partial charge in [-0.15, -0.1) is 0 Å². The molecule has 1 fully saturated rings. The van der Waals surface area contributed by atoms with Gasteiger partial charge >= 0.3 is 6.03 Å². The number of benzene rings is 2. The van der Waals surface area contributed by atoms with Crippen LogP contribution in [-0.2, 0) is 12.0 Å². The number of rotatable bonds is 6. The van der Waals surface area contributed by atoms with Crippen molar-refractivity contribution in [2.45, 2.75) is 24.8 Å². The van der Waals surface area contributed by atoms with Gasteiger partial charge in [-0.25, -0.2) is 9.78 Å². The van der Waals surface area contributed by atoms with Crippen molar-refractivity contribution in [3.8, 4) is 17.2 Å². The molecule has 6 rings (SSSR count). The number of likely N-dealkylation sites (tertiary alicyclic amines) is 1. The predicted octanol–water partition coefficient (Wildman–Crippen LogP) is 6.58. The molecule has 216 valence electrons. The molecule has 0 bridgehead atoms. The van der Waals surface area contributed by atoms with Crippen molar-refractivity contribution in [1.82, 2.24) is 20.2 Å². The normalized spacial score (nSPS) is 15.9. The minimum absolute atomic E-state index is 0.204. The topological polar surface area (TPSA) is 85.2 Å². The number of hydrogen-bond donors (Lipinski definition) is 1. The molecule has 4 heterocycles. The highest BCUT2D eigenvalue weighted by atomic mass is 35.5. The first-order chi connectivity index (χ1) is 20.9. The van der Waals surface area contributed by atoms with Gasteiger partial charge in [-0.3, -0.25) is 14.8 Å². The lowest BCUT2D eigenvalue weighted by molar-refractivity contribution is 0.180. The third-order valence-electron chi connectivity index (χ3n) is 8.36. The maximum atomic E-state index is 13.6. The van der Waals surface area contributed by atoms with Crippen LogP contribution < -0.4 is 10.2 Å². The quantitative estimate of drug-likeness (QED) is 0.256. The molecule has 2 aliphatic heterocycles. The Hall–Kier alpha value is -4.58. The maximum absolute atomic E-state index is 13.6. The molecule has 0 saturated carbocycles. The van der Waals surface area contributed by atoms with E-state index in [1.54, 1.807) is 18.5 Å². The van der Waals surface area contributed by atoms with Crippen LogP contribution in [0, 0.1) is 17.3 Å². The van der Waals surface area contributed by atoms with Crippen molar-refractivity contribution in [2.75, 3.05) is 31.1 Å². The van der Waals surface area contributed by atoms with E-state index in [-0.39, 0.29) is 18.0 Å². The van der Waals surface area contributed by atoms with Crippen LogP contribution in [-0.4, -0.2) is 47.1 Å². The number of nitrogens with one attached hydrogen (secondary N) is 1. The Morgan fingerprint density at radius 3 is 2.65 bits per heavy atom. The van der Waals surface area contributed by atoms with E-state index in [9.17, 15) is 14.4 Å². The Balaban J connectivity index is 1.22. The Bertz CT molecular complexity index is 1710. The summed E-state index contributed by atoms with van der Waals surface area (Å²) in [5, 5.41) is 13.1. The van der Waals surface area contributed by atoms with Crippen LogP contribution in [0.3, 0.4) is 0 Å². The Labute approximate surface area is 255 Å². The Kier molecular flexibility index (Phi) is 8.19. The fourth-order valence-corrected chi connectivity index (χ4v) is 6.14. The first kappa shape index (κ1) is 28.5. The smallest absolute Gasteiger partial charge is 0.322 e. The van der Waals surface area contributed by atoms with E-state index in [4.69, 9.17) is 11.6 Å². The van der Waals surface area contributed by atoms with Gasteiger partial charge in [0.05, 0.1) is 5.56 Å². The Morgan fingerprint density at radius 2 is 1.88 bits per heavy atom. The van der Waals surface area contributed by atoms with Crippen LogP contribution in [0.5, 0.6) is 0 Å². The standard InChI is InChI=1S/C34H30ClFN6O/c35-29-6-3-24(4-7-29)2-1-13-41-14-10-34(11-15-41)23-42(33(43)40-21-25-9-12-39-32(36)17-25)31-8-5-27(18-30(31)34)28-16-26(19-37)20-38-22-28/h1-9,12,16-18,20,22H,10-11,13-15,21,23H2,(H,40,43)/b2-1+. The predicted molar refractivity (Wildman–Crippen MR) is 166 cm³/mol. The van der Waals surface area contributed by atoms with E-state index in [0.717, 1.165) is 65.4 Å². The second-order valence-electron chi connectivity index (χ2n) is 11.1. The number of hydrogen-bond acceptors (Lipinski definition) is 5. The van der Waals surface area contributed by atoms with Crippen molar-refractivity contribution < 1.29 is 9.18 Å². The molecule has 1 N–H and O–H groups in total. The zero-order valence-electron chi connectivity index (χ0n) is 23.5. The van der Waals surface area contributed by atoms with Crippen LogP contribution in [0.1, 0.15) is 35.1 Å². The molecule has 1 spiro atoms. The molecule has 1 saturated heterocycles. The van der Waals surface area contributed by atoms with E-state index in [1.807, 2.05) is 47.4 Å². The molecule has 2 aromatic heterocycles. The van der Waals surface area contributed by atoms with Gasteiger partial charge < -0.3 is 5.32 Å². The SMILES string of the molecule is N#Cc1cncc(-c2ccc3c(c2)C2(CCN(C/C=C/c4ccc(Cl)cc4)CC2)CN3C(=O)NCc2ccnc(F)c2)c1. The number of urea groups is 1. The number of pyridine rings is 2. The minimum Gasteiger partial charge on any atom is -0.334 e. The molecule has 0 radical (unpaired) electrons. The summed E-state index contributed by atoms with van der Waals surface area (Å²) < 4.78 is 13.6. The van der Waals surface area contributed by atoms with Gasteiger partial charge in [-0.05, 0) is 90.6 Å². The highest BCUT2D eigenvalue weighted by Crippen LogP contribution is 2.48. The lowest BCUT2D eigenvalue weighted by atomic mass is 9.73. The van der Waals surface area contributed by atoms with E-state index in [0.29, 0.717) is 17.7 Å². The number of nitrogens with zero attached hydrogens (tertiary/aromatic N) is 5. The van der Waals surface area contributed by atoms with E-state index in [2.05, 4.69) is 44.5 Å². The highest BCUT2D eigenvalue weighted by Gasteiger charge is 2.46. The minimum atomic E-state index is -0.575. The molecule has 4 aromatic rings. The molecule has 7 nitrogen and oxygen atoms in total. The number of nitriles is 1. The van der Waals surface area contributed by atoms with Gasteiger partial charge in [0.1, 0.15) is 6.07 Å². The third-order valence-corrected chi connectivity index (χ3v) is 8.61. The fourth-order valence-electron chi connectivity index (χ4n) is 6.02. The molecule has 43 heavy (non-hydrogen) atoms. The first-order valence-corrected chi connectivity index (χ1v) is 14.6. The van der Waals surface area contributed by atoms with Gasteiger partial charge in [0, 0.05) is 59.9 Å². The average molecular weight is 593 g/mol. The van der Waals surface area contributed by atoms with E-state index >= 15 is 0 Å². The number of amides is 2. The van der Waals surface area contributed by atoms with Crippen molar-refractivity contribution in [3.63, 3.8) is 0 Å². The number of piperidine rings is 1. The summed E-state index contributed by atoms with van der Waals surface area (Å²) >= 11 is 6.01. The second-order valence-corrected chi connectivity index (χ2v) is 11.5. The van der Waals surface area contributed by atoms with Crippen molar-refractivity contribution in [3.05, 3.63) is 119 Å².